The summed E-state index contributed by atoms with van der Waals surface area (Å²) in [6.07, 6.45) is 3.15. The number of esters is 2. The van der Waals surface area contributed by atoms with Gasteiger partial charge in [0, 0.05) is 20.0 Å². The molecule has 1 aliphatic rings. The molecule has 0 bridgehead atoms. The summed E-state index contributed by atoms with van der Waals surface area (Å²) in [6.45, 7) is 8.44. The van der Waals surface area contributed by atoms with Crippen LogP contribution in [0.2, 0.25) is 0 Å². The molecule has 184 valence electrons. The van der Waals surface area contributed by atoms with Crippen molar-refractivity contribution in [2.75, 3.05) is 33.9 Å². The van der Waals surface area contributed by atoms with Gasteiger partial charge in [-0.15, -0.1) is 0 Å². The maximum absolute atomic E-state index is 12.5. The minimum Gasteiger partial charge on any atom is -0.493 e. The van der Waals surface area contributed by atoms with Gasteiger partial charge in [0.2, 0.25) is 5.75 Å². The summed E-state index contributed by atoms with van der Waals surface area (Å²) < 4.78 is 26.4. The van der Waals surface area contributed by atoms with E-state index >= 15 is 0 Å². The normalized spacial score (nSPS) is 14.4. The van der Waals surface area contributed by atoms with Crippen molar-refractivity contribution in [3.05, 3.63) is 17.7 Å². The van der Waals surface area contributed by atoms with Gasteiger partial charge < -0.3 is 28.6 Å². The van der Waals surface area contributed by atoms with Gasteiger partial charge in [0.15, 0.2) is 11.5 Å². The maximum Gasteiger partial charge on any atom is 0.410 e. The predicted octanol–water partition coefficient (Wildman–Crippen LogP) is 4.21. The second-order valence-corrected chi connectivity index (χ2v) is 8.99. The van der Waals surface area contributed by atoms with Crippen LogP contribution in [0.25, 0.3) is 0 Å². The molecular formula is C24H35NO8. The molecule has 1 aliphatic heterocycles. The maximum atomic E-state index is 12.5. The first-order chi connectivity index (χ1) is 15.5. The van der Waals surface area contributed by atoms with Gasteiger partial charge in [0.25, 0.3) is 0 Å². The Hall–Kier alpha value is -2.97. The van der Waals surface area contributed by atoms with Crippen LogP contribution >= 0.6 is 0 Å². The molecular weight excluding hydrogens is 430 g/mol. The lowest BCUT2D eigenvalue weighted by Crippen LogP contribution is -2.41. The molecule has 0 spiro atoms. The van der Waals surface area contributed by atoms with Crippen LogP contribution in [-0.2, 0) is 14.3 Å². The number of carbonyl (C=O) groups excluding carboxylic acids is 3. The number of piperidine rings is 1. The van der Waals surface area contributed by atoms with Crippen LogP contribution in [0.4, 0.5) is 4.79 Å². The van der Waals surface area contributed by atoms with Crippen LogP contribution in [0, 0.1) is 5.92 Å². The quantitative estimate of drug-likeness (QED) is 0.320. The molecule has 2 rings (SSSR count). The molecule has 0 aliphatic carbocycles. The Labute approximate surface area is 195 Å². The summed E-state index contributed by atoms with van der Waals surface area (Å²) in [5, 5.41) is 0. The summed E-state index contributed by atoms with van der Waals surface area (Å²) in [7, 11) is 2.85. The molecule has 0 aromatic heterocycles. The Morgan fingerprint density at radius 1 is 1.03 bits per heavy atom. The Morgan fingerprint density at radius 3 is 2.21 bits per heavy atom. The summed E-state index contributed by atoms with van der Waals surface area (Å²) >= 11 is 0. The minimum absolute atomic E-state index is 0.0908. The molecule has 1 aromatic carbocycles. The average Bonchev–Trinajstić information content (AvgIpc) is 2.74. The number of amides is 1. The van der Waals surface area contributed by atoms with E-state index < -0.39 is 17.5 Å². The van der Waals surface area contributed by atoms with E-state index in [1.165, 1.54) is 33.3 Å². The van der Waals surface area contributed by atoms with Gasteiger partial charge in [-0.05, 0) is 64.5 Å². The van der Waals surface area contributed by atoms with E-state index in [2.05, 4.69) is 0 Å². The van der Waals surface area contributed by atoms with Crippen LogP contribution < -0.4 is 14.2 Å². The summed E-state index contributed by atoms with van der Waals surface area (Å²) in [5.74, 6) is -0.0308. The van der Waals surface area contributed by atoms with Gasteiger partial charge in [-0.2, -0.15) is 0 Å². The van der Waals surface area contributed by atoms with Crippen LogP contribution in [0.5, 0.6) is 17.2 Å². The fourth-order valence-corrected chi connectivity index (χ4v) is 3.63. The molecule has 1 amide bonds. The number of benzene rings is 1. The van der Waals surface area contributed by atoms with E-state index in [0.29, 0.717) is 25.4 Å². The molecule has 1 fully saturated rings. The van der Waals surface area contributed by atoms with Gasteiger partial charge in [-0.25, -0.2) is 9.59 Å². The Morgan fingerprint density at radius 2 is 1.67 bits per heavy atom. The van der Waals surface area contributed by atoms with E-state index in [1.807, 2.05) is 20.8 Å². The van der Waals surface area contributed by atoms with E-state index in [9.17, 15) is 14.4 Å². The van der Waals surface area contributed by atoms with E-state index in [-0.39, 0.29) is 35.5 Å². The number of carbonyl (C=O) groups is 3. The van der Waals surface area contributed by atoms with Crippen molar-refractivity contribution in [1.29, 1.82) is 0 Å². The first kappa shape index (κ1) is 26.3. The second kappa shape index (κ2) is 11.8. The highest BCUT2D eigenvalue weighted by atomic mass is 16.6. The van der Waals surface area contributed by atoms with Gasteiger partial charge in [0.05, 0.1) is 26.4 Å². The zero-order valence-electron chi connectivity index (χ0n) is 20.4. The third-order valence-electron chi connectivity index (χ3n) is 5.19. The molecule has 0 N–H and O–H groups in total. The number of hydrogen-bond donors (Lipinski definition) is 0. The van der Waals surface area contributed by atoms with Crippen molar-refractivity contribution in [3.63, 3.8) is 0 Å². The zero-order valence-corrected chi connectivity index (χ0v) is 20.4. The molecule has 0 atom stereocenters. The van der Waals surface area contributed by atoms with Crippen molar-refractivity contribution in [2.45, 2.75) is 59.0 Å². The van der Waals surface area contributed by atoms with Crippen LogP contribution in [0.15, 0.2) is 12.1 Å². The lowest BCUT2D eigenvalue weighted by molar-refractivity contribution is -0.132. The molecule has 1 heterocycles. The number of methoxy groups -OCH3 is 2. The minimum atomic E-state index is -0.543. The molecule has 0 saturated carbocycles. The first-order valence-corrected chi connectivity index (χ1v) is 11.1. The van der Waals surface area contributed by atoms with Gasteiger partial charge >= 0.3 is 18.0 Å². The van der Waals surface area contributed by atoms with E-state index in [1.54, 1.807) is 4.90 Å². The number of nitrogens with zero attached hydrogens (tertiary/aromatic N) is 1. The highest BCUT2D eigenvalue weighted by molar-refractivity contribution is 5.91. The number of ether oxygens (including phenoxy) is 5. The number of likely N-dealkylation sites (tertiary alicyclic amines) is 1. The summed E-state index contributed by atoms with van der Waals surface area (Å²) in [4.78, 5) is 37.8. The van der Waals surface area contributed by atoms with Crippen molar-refractivity contribution in [1.82, 2.24) is 4.90 Å². The van der Waals surface area contributed by atoms with E-state index in [4.69, 9.17) is 23.7 Å². The van der Waals surface area contributed by atoms with Crippen molar-refractivity contribution in [3.8, 4) is 17.2 Å². The molecule has 9 heteroatoms. The topological polar surface area (TPSA) is 101 Å². The Kier molecular flexibility index (Phi) is 9.37. The zero-order chi connectivity index (χ0) is 24.6. The smallest absolute Gasteiger partial charge is 0.410 e. The van der Waals surface area contributed by atoms with E-state index in [0.717, 1.165) is 19.3 Å². The van der Waals surface area contributed by atoms with Crippen LogP contribution in [0.3, 0.4) is 0 Å². The Balaban J connectivity index is 1.82. The molecule has 1 aromatic rings. The third kappa shape index (κ3) is 8.14. The van der Waals surface area contributed by atoms with Crippen molar-refractivity contribution in [2.24, 2.45) is 5.92 Å². The van der Waals surface area contributed by atoms with Gasteiger partial charge in [-0.1, -0.05) is 0 Å². The van der Waals surface area contributed by atoms with Gasteiger partial charge in [0.1, 0.15) is 5.60 Å². The standard InChI is InChI=1S/C24H35NO8/c1-16(26)32-20-15-18(14-19(29-5)21(20)30-6)22(27)31-13-7-8-17-9-11-25(12-10-17)23(28)33-24(2,3)4/h14-15,17H,7-13H2,1-6H3. The SMILES string of the molecule is COc1cc(C(=O)OCCCC2CCN(C(=O)OC(C)(C)C)CC2)cc(OC(C)=O)c1OC. The largest absolute Gasteiger partial charge is 0.493 e. The fraction of sp³-hybridized carbons (Fsp3) is 0.625. The first-order valence-electron chi connectivity index (χ1n) is 11.1. The number of hydrogen-bond acceptors (Lipinski definition) is 8. The number of rotatable bonds is 8. The van der Waals surface area contributed by atoms with Crippen molar-refractivity contribution >= 4 is 18.0 Å². The second-order valence-electron chi connectivity index (χ2n) is 8.99. The third-order valence-corrected chi connectivity index (χ3v) is 5.19. The monoisotopic (exact) mass is 465 g/mol. The molecule has 0 unspecified atom stereocenters. The molecule has 1 saturated heterocycles. The van der Waals surface area contributed by atoms with Gasteiger partial charge in [-0.3, -0.25) is 4.79 Å². The van der Waals surface area contributed by atoms with Crippen LogP contribution in [0.1, 0.15) is 63.7 Å². The fourth-order valence-electron chi connectivity index (χ4n) is 3.63. The van der Waals surface area contributed by atoms with Crippen LogP contribution in [-0.4, -0.2) is 62.4 Å². The highest BCUT2D eigenvalue weighted by Gasteiger charge is 2.27. The lowest BCUT2D eigenvalue weighted by Gasteiger charge is -2.33. The average molecular weight is 466 g/mol. The lowest BCUT2D eigenvalue weighted by atomic mass is 9.92. The molecule has 0 radical (unpaired) electrons. The van der Waals surface area contributed by atoms with Crippen molar-refractivity contribution < 1.29 is 38.1 Å². The Bertz CT molecular complexity index is 838. The molecule has 9 nitrogen and oxygen atoms in total. The highest BCUT2D eigenvalue weighted by Crippen LogP contribution is 2.38. The molecule has 33 heavy (non-hydrogen) atoms. The summed E-state index contributed by atoms with van der Waals surface area (Å²) in [6, 6.07) is 2.89. The predicted molar refractivity (Wildman–Crippen MR) is 121 cm³/mol. The summed E-state index contributed by atoms with van der Waals surface area (Å²) in [5.41, 5.74) is -0.292.